The highest BCUT2D eigenvalue weighted by Gasteiger charge is 2.28. The van der Waals surface area contributed by atoms with E-state index in [4.69, 9.17) is 4.74 Å². The second-order valence-corrected chi connectivity index (χ2v) is 6.33. The van der Waals surface area contributed by atoms with Gasteiger partial charge in [-0.25, -0.2) is 14.8 Å². The molecule has 0 radical (unpaired) electrons. The van der Waals surface area contributed by atoms with Gasteiger partial charge in [0.2, 0.25) is 5.91 Å². The molecule has 1 aromatic heterocycles. The third-order valence-electron chi connectivity index (χ3n) is 4.52. The molecule has 1 saturated heterocycles. The molecule has 1 aromatic carbocycles. The highest BCUT2D eigenvalue weighted by molar-refractivity contribution is 5.95. The molecule has 2 heterocycles. The van der Waals surface area contributed by atoms with Crippen molar-refractivity contribution in [3.05, 3.63) is 47.4 Å². The average Bonchev–Trinajstić information content (AvgIpc) is 3.12. The minimum absolute atomic E-state index is 0.0303. The molecular formula is C19H21N3O4. The normalized spacial score (nSPS) is 16.7. The summed E-state index contributed by atoms with van der Waals surface area (Å²) in [5.74, 6) is -0.333. The summed E-state index contributed by atoms with van der Waals surface area (Å²) >= 11 is 0. The summed E-state index contributed by atoms with van der Waals surface area (Å²) in [7, 11) is 1.51. The fourth-order valence-corrected chi connectivity index (χ4v) is 3.27. The summed E-state index contributed by atoms with van der Waals surface area (Å²) in [5.41, 5.74) is 2.20. The van der Waals surface area contributed by atoms with Crippen molar-refractivity contribution in [1.82, 2.24) is 14.9 Å². The van der Waals surface area contributed by atoms with Crippen molar-refractivity contribution in [1.29, 1.82) is 0 Å². The summed E-state index contributed by atoms with van der Waals surface area (Å²) < 4.78 is 4.92. The number of aryl methyl sites for hydroxylation is 1. The van der Waals surface area contributed by atoms with Crippen LogP contribution in [0.1, 0.15) is 34.2 Å². The highest BCUT2D eigenvalue weighted by Crippen LogP contribution is 2.29. The Balaban J connectivity index is 1.90. The molecule has 0 saturated carbocycles. The monoisotopic (exact) mass is 355 g/mol. The van der Waals surface area contributed by atoms with Gasteiger partial charge in [-0.2, -0.15) is 0 Å². The van der Waals surface area contributed by atoms with Crippen LogP contribution in [0.3, 0.4) is 0 Å². The zero-order valence-electron chi connectivity index (χ0n) is 14.8. The summed E-state index contributed by atoms with van der Waals surface area (Å²) in [6, 6.07) is 8.63. The van der Waals surface area contributed by atoms with Crippen molar-refractivity contribution in [3.8, 4) is 11.3 Å². The third kappa shape index (κ3) is 3.72. The molecule has 0 unspecified atom stereocenters. The number of hydrogen-bond acceptors (Lipinski definition) is 5. The number of carboxylic acids is 1. The first-order valence-corrected chi connectivity index (χ1v) is 8.44. The van der Waals surface area contributed by atoms with E-state index in [9.17, 15) is 14.7 Å². The second kappa shape index (κ2) is 7.61. The molecule has 1 N–H and O–H groups in total. The molecule has 136 valence electrons. The first kappa shape index (κ1) is 18.0. The summed E-state index contributed by atoms with van der Waals surface area (Å²) in [4.78, 5) is 34.2. The number of amides is 1. The van der Waals surface area contributed by atoms with Crippen molar-refractivity contribution in [3.63, 3.8) is 0 Å². The lowest BCUT2D eigenvalue weighted by atomic mass is 9.99. The molecule has 1 fully saturated rings. The van der Waals surface area contributed by atoms with Crippen molar-refractivity contribution in [2.24, 2.45) is 0 Å². The molecule has 7 heteroatoms. The van der Waals surface area contributed by atoms with Gasteiger partial charge in [-0.3, -0.25) is 4.79 Å². The number of likely N-dealkylation sites (tertiary alicyclic amines) is 1. The van der Waals surface area contributed by atoms with Gasteiger partial charge in [-0.1, -0.05) is 18.2 Å². The molecule has 7 nitrogen and oxygen atoms in total. The predicted octanol–water partition coefficient (Wildman–Crippen LogP) is 2.11. The van der Waals surface area contributed by atoms with Crippen LogP contribution in [-0.4, -0.2) is 58.7 Å². The number of carbonyl (C=O) groups is 2. The number of ether oxygens (including phenoxy) is 1. The van der Waals surface area contributed by atoms with E-state index in [1.165, 1.54) is 7.11 Å². The molecule has 0 aliphatic carbocycles. The first-order valence-electron chi connectivity index (χ1n) is 8.44. The fourth-order valence-electron chi connectivity index (χ4n) is 3.27. The van der Waals surface area contributed by atoms with Crippen molar-refractivity contribution in [2.45, 2.75) is 19.3 Å². The van der Waals surface area contributed by atoms with Gasteiger partial charge in [0.1, 0.15) is 12.4 Å². The summed E-state index contributed by atoms with van der Waals surface area (Å²) in [6.07, 6.45) is 0.811. The molecular weight excluding hydrogens is 334 g/mol. The maximum Gasteiger partial charge on any atom is 0.336 e. The molecule has 3 rings (SSSR count). The molecule has 1 amide bonds. The second-order valence-electron chi connectivity index (χ2n) is 6.33. The maximum atomic E-state index is 12.0. The van der Waals surface area contributed by atoms with Crippen molar-refractivity contribution >= 4 is 11.9 Å². The third-order valence-corrected chi connectivity index (χ3v) is 4.52. The molecule has 26 heavy (non-hydrogen) atoms. The van der Waals surface area contributed by atoms with Gasteiger partial charge in [-0.05, 0) is 25.5 Å². The van der Waals surface area contributed by atoms with Gasteiger partial charge >= 0.3 is 5.97 Å². The van der Waals surface area contributed by atoms with Crippen LogP contribution in [-0.2, 0) is 9.53 Å². The smallest absolute Gasteiger partial charge is 0.336 e. The van der Waals surface area contributed by atoms with E-state index in [0.29, 0.717) is 30.2 Å². The van der Waals surface area contributed by atoms with Crippen LogP contribution in [0.2, 0.25) is 0 Å². The Hall–Kier alpha value is -2.80. The van der Waals surface area contributed by atoms with Crippen LogP contribution in [0, 0.1) is 6.92 Å². The van der Waals surface area contributed by atoms with E-state index in [0.717, 1.165) is 12.1 Å². The molecule has 1 aliphatic heterocycles. The maximum absolute atomic E-state index is 12.0. The number of aromatic nitrogens is 2. The summed E-state index contributed by atoms with van der Waals surface area (Å²) in [6.45, 7) is 3.11. The zero-order valence-corrected chi connectivity index (χ0v) is 14.8. The van der Waals surface area contributed by atoms with Gasteiger partial charge in [0.05, 0.1) is 11.3 Å². The number of benzene rings is 1. The van der Waals surface area contributed by atoms with E-state index in [1.807, 2.05) is 6.07 Å². The molecule has 1 aliphatic rings. The summed E-state index contributed by atoms with van der Waals surface area (Å²) in [5, 5.41) is 9.42. The number of nitrogens with zero attached hydrogens (tertiary/aromatic N) is 3. The lowest BCUT2D eigenvalue weighted by Gasteiger charge is -2.16. The highest BCUT2D eigenvalue weighted by atomic mass is 16.5. The average molecular weight is 355 g/mol. The van der Waals surface area contributed by atoms with E-state index in [2.05, 4.69) is 9.97 Å². The largest absolute Gasteiger partial charge is 0.478 e. The minimum atomic E-state index is -0.990. The molecule has 0 bridgehead atoms. The van der Waals surface area contributed by atoms with Crippen molar-refractivity contribution < 1.29 is 19.4 Å². The quantitative estimate of drug-likeness (QED) is 0.883. The lowest BCUT2D eigenvalue weighted by Crippen LogP contribution is -2.31. The standard InChI is InChI=1S/C19H21N3O4/c1-12-20-16(13-7-8-22(10-13)18(23)11-26-2)9-17(21-12)14-5-3-4-6-15(14)19(24)25/h3-6,9,13H,7-8,10-11H2,1-2H3,(H,24,25)/t13-/m0/s1. The van der Waals surface area contributed by atoms with E-state index < -0.39 is 5.97 Å². The Morgan fingerprint density at radius 1 is 1.31 bits per heavy atom. The number of hydrogen-bond donors (Lipinski definition) is 1. The van der Waals surface area contributed by atoms with Crippen LogP contribution in [0.25, 0.3) is 11.3 Å². The Morgan fingerprint density at radius 3 is 2.81 bits per heavy atom. The number of carbonyl (C=O) groups excluding carboxylic acids is 1. The van der Waals surface area contributed by atoms with Crippen LogP contribution < -0.4 is 0 Å². The first-order chi connectivity index (χ1) is 12.5. The number of rotatable bonds is 5. The van der Waals surface area contributed by atoms with Gasteiger partial charge in [0, 0.05) is 37.4 Å². The van der Waals surface area contributed by atoms with E-state index in [-0.39, 0.29) is 24.0 Å². The van der Waals surface area contributed by atoms with Crippen LogP contribution >= 0.6 is 0 Å². The van der Waals surface area contributed by atoms with Gasteiger partial charge < -0.3 is 14.7 Å². The van der Waals surface area contributed by atoms with Crippen LogP contribution in [0.5, 0.6) is 0 Å². The van der Waals surface area contributed by atoms with Crippen LogP contribution in [0.15, 0.2) is 30.3 Å². The van der Waals surface area contributed by atoms with E-state index in [1.54, 1.807) is 36.1 Å². The van der Waals surface area contributed by atoms with Gasteiger partial charge in [0.25, 0.3) is 0 Å². The Kier molecular flexibility index (Phi) is 5.27. The Morgan fingerprint density at radius 2 is 2.08 bits per heavy atom. The Labute approximate surface area is 151 Å². The number of methoxy groups -OCH3 is 1. The zero-order chi connectivity index (χ0) is 18.7. The number of aromatic carboxylic acids is 1. The minimum Gasteiger partial charge on any atom is -0.478 e. The SMILES string of the molecule is COCC(=O)N1CC[C@H](c2cc(-c3ccccc3C(=O)O)nc(C)n2)C1. The van der Waals surface area contributed by atoms with Gasteiger partial charge in [-0.15, -0.1) is 0 Å². The molecule has 1 atom stereocenters. The molecule has 0 spiro atoms. The molecule has 2 aromatic rings. The van der Waals surface area contributed by atoms with Crippen molar-refractivity contribution in [2.75, 3.05) is 26.8 Å². The lowest BCUT2D eigenvalue weighted by molar-refractivity contribution is -0.134. The van der Waals surface area contributed by atoms with Gasteiger partial charge in [0.15, 0.2) is 0 Å². The van der Waals surface area contributed by atoms with Crippen LogP contribution in [0.4, 0.5) is 0 Å². The van der Waals surface area contributed by atoms with E-state index >= 15 is 0 Å². The topological polar surface area (TPSA) is 92.6 Å². The number of carboxylic acid groups (broad SMARTS) is 1. The predicted molar refractivity (Wildman–Crippen MR) is 95.0 cm³/mol. The Bertz CT molecular complexity index is 837. The fraction of sp³-hybridized carbons (Fsp3) is 0.368.